The first-order valence-electron chi connectivity index (χ1n) is 7.10. The Morgan fingerprint density at radius 3 is 2.52 bits per heavy atom. The van der Waals surface area contributed by atoms with Gasteiger partial charge in [-0.2, -0.15) is 0 Å². The van der Waals surface area contributed by atoms with Gasteiger partial charge in [0.05, 0.1) is 5.69 Å². The second kappa shape index (κ2) is 8.80. The smallest absolute Gasteiger partial charge is 0.330 e. The van der Waals surface area contributed by atoms with Crippen molar-refractivity contribution >= 4 is 29.3 Å². The van der Waals surface area contributed by atoms with Crippen molar-refractivity contribution in [1.82, 2.24) is 0 Å². The van der Waals surface area contributed by atoms with Gasteiger partial charge in [0.1, 0.15) is 0 Å². The molecule has 0 bridgehead atoms. The zero-order chi connectivity index (χ0) is 16.5. The highest BCUT2D eigenvalue weighted by molar-refractivity contribution is 7.99. The lowest BCUT2D eigenvalue weighted by Crippen LogP contribution is -2.20. The molecule has 0 aliphatic carbocycles. The Kier molecular flexibility index (Phi) is 6.44. The van der Waals surface area contributed by atoms with Gasteiger partial charge < -0.3 is 10.1 Å². The number of nitrogens with one attached hydrogen (secondary N) is 1. The lowest BCUT2D eigenvalue weighted by molar-refractivity contribution is -0.142. The number of hydrogen-bond donors (Lipinski definition) is 1. The standard InChI is InChI=1S/C18H17NO3S/c1-2-8-18(21)22-13-17(20)19-15-11-6-7-12-16(15)23-14-9-4-3-5-10-14/h2-12H,13H2,1H3,(H,19,20)/b8-2+. The first-order chi connectivity index (χ1) is 11.2. The summed E-state index contributed by atoms with van der Waals surface area (Å²) in [5.41, 5.74) is 0.688. The van der Waals surface area contributed by atoms with E-state index < -0.39 is 5.97 Å². The third-order valence-electron chi connectivity index (χ3n) is 2.78. The molecule has 0 saturated carbocycles. The number of carbonyl (C=O) groups is 2. The van der Waals surface area contributed by atoms with Crippen LogP contribution in [0.1, 0.15) is 6.92 Å². The molecular weight excluding hydrogens is 310 g/mol. The van der Waals surface area contributed by atoms with E-state index in [-0.39, 0.29) is 12.5 Å². The summed E-state index contributed by atoms with van der Waals surface area (Å²) >= 11 is 1.56. The maximum atomic E-state index is 11.9. The van der Waals surface area contributed by atoms with Gasteiger partial charge in [0.25, 0.3) is 5.91 Å². The summed E-state index contributed by atoms with van der Waals surface area (Å²) in [5, 5.41) is 2.77. The van der Waals surface area contributed by atoms with Gasteiger partial charge in [-0.25, -0.2) is 4.79 Å². The molecule has 2 aromatic carbocycles. The van der Waals surface area contributed by atoms with E-state index in [1.807, 2.05) is 54.6 Å². The van der Waals surface area contributed by atoms with Crippen molar-refractivity contribution < 1.29 is 14.3 Å². The van der Waals surface area contributed by atoms with Crippen molar-refractivity contribution in [3.8, 4) is 0 Å². The van der Waals surface area contributed by atoms with Crippen molar-refractivity contribution in [2.75, 3.05) is 11.9 Å². The molecule has 5 heteroatoms. The summed E-state index contributed by atoms with van der Waals surface area (Å²) < 4.78 is 4.83. The molecule has 23 heavy (non-hydrogen) atoms. The number of amides is 1. The molecule has 0 unspecified atom stereocenters. The van der Waals surface area contributed by atoms with Gasteiger partial charge in [-0.15, -0.1) is 0 Å². The summed E-state index contributed by atoms with van der Waals surface area (Å²) in [6.07, 6.45) is 2.83. The maximum absolute atomic E-state index is 11.9. The number of esters is 1. The van der Waals surface area contributed by atoms with Gasteiger partial charge in [0.15, 0.2) is 6.61 Å². The SMILES string of the molecule is C/C=C/C(=O)OCC(=O)Nc1ccccc1Sc1ccccc1. The van der Waals surface area contributed by atoms with Crippen molar-refractivity contribution in [3.05, 3.63) is 66.7 Å². The molecule has 0 aliphatic heterocycles. The summed E-state index contributed by atoms with van der Waals surface area (Å²) in [6.45, 7) is 1.39. The minimum Gasteiger partial charge on any atom is -0.452 e. The van der Waals surface area contributed by atoms with E-state index >= 15 is 0 Å². The average molecular weight is 327 g/mol. The van der Waals surface area contributed by atoms with Crippen LogP contribution in [0.3, 0.4) is 0 Å². The third kappa shape index (κ3) is 5.64. The van der Waals surface area contributed by atoms with Crippen LogP contribution in [0.5, 0.6) is 0 Å². The second-order valence-corrected chi connectivity index (χ2v) is 5.68. The van der Waals surface area contributed by atoms with E-state index in [9.17, 15) is 9.59 Å². The van der Waals surface area contributed by atoms with E-state index in [1.54, 1.807) is 24.8 Å². The molecule has 0 atom stereocenters. The largest absolute Gasteiger partial charge is 0.452 e. The van der Waals surface area contributed by atoms with Crippen LogP contribution in [-0.4, -0.2) is 18.5 Å². The number of benzene rings is 2. The van der Waals surface area contributed by atoms with Gasteiger partial charge in [-0.3, -0.25) is 4.79 Å². The van der Waals surface area contributed by atoms with Crippen molar-refractivity contribution in [3.63, 3.8) is 0 Å². The normalized spacial score (nSPS) is 10.5. The summed E-state index contributed by atoms with van der Waals surface area (Å²) in [6, 6.07) is 17.4. The fourth-order valence-electron chi connectivity index (χ4n) is 1.78. The summed E-state index contributed by atoms with van der Waals surface area (Å²) in [4.78, 5) is 25.1. The lowest BCUT2D eigenvalue weighted by Gasteiger charge is -2.10. The van der Waals surface area contributed by atoms with E-state index in [4.69, 9.17) is 4.74 Å². The van der Waals surface area contributed by atoms with Gasteiger partial charge in [-0.1, -0.05) is 48.2 Å². The molecule has 2 rings (SSSR count). The van der Waals surface area contributed by atoms with E-state index in [0.29, 0.717) is 5.69 Å². The highest BCUT2D eigenvalue weighted by atomic mass is 32.2. The van der Waals surface area contributed by atoms with Crippen LogP contribution < -0.4 is 5.32 Å². The third-order valence-corrected chi connectivity index (χ3v) is 3.86. The van der Waals surface area contributed by atoms with Crippen LogP contribution in [0.2, 0.25) is 0 Å². The molecule has 118 valence electrons. The molecule has 1 N–H and O–H groups in total. The Balaban J connectivity index is 2.00. The first kappa shape index (κ1) is 16.8. The van der Waals surface area contributed by atoms with Crippen LogP contribution in [-0.2, 0) is 14.3 Å². The topological polar surface area (TPSA) is 55.4 Å². The number of hydrogen-bond acceptors (Lipinski definition) is 4. The monoisotopic (exact) mass is 327 g/mol. The Morgan fingerprint density at radius 2 is 1.78 bits per heavy atom. The van der Waals surface area contributed by atoms with Crippen molar-refractivity contribution in [2.45, 2.75) is 16.7 Å². The summed E-state index contributed by atoms with van der Waals surface area (Å²) in [7, 11) is 0. The number of carbonyl (C=O) groups excluding carboxylic acids is 2. The molecule has 0 aromatic heterocycles. The molecule has 0 aliphatic rings. The number of ether oxygens (including phenoxy) is 1. The minimum atomic E-state index is -0.533. The molecule has 0 fully saturated rings. The fraction of sp³-hybridized carbons (Fsp3) is 0.111. The highest BCUT2D eigenvalue weighted by Crippen LogP contribution is 2.33. The molecular formula is C18H17NO3S. The van der Waals surface area contributed by atoms with Crippen molar-refractivity contribution in [2.24, 2.45) is 0 Å². The number of para-hydroxylation sites is 1. The zero-order valence-electron chi connectivity index (χ0n) is 12.7. The molecule has 0 spiro atoms. The van der Waals surface area contributed by atoms with Crippen molar-refractivity contribution in [1.29, 1.82) is 0 Å². The second-order valence-electron chi connectivity index (χ2n) is 4.57. The van der Waals surface area contributed by atoms with Gasteiger partial charge in [0.2, 0.25) is 0 Å². The predicted octanol–water partition coefficient (Wildman–Crippen LogP) is 3.90. The first-order valence-corrected chi connectivity index (χ1v) is 7.92. The van der Waals surface area contributed by atoms with Gasteiger partial charge >= 0.3 is 5.97 Å². The van der Waals surface area contributed by atoms with Crippen LogP contribution in [0.15, 0.2) is 76.5 Å². The molecule has 4 nitrogen and oxygen atoms in total. The van der Waals surface area contributed by atoms with Crippen LogP contribution >= 0.6 is 11.8 Å². The average Bonchev–Trinajstić information content (AvgIpc) is 2.56. The predicted molar refractivity (Wildman–Crippen MR) is 91.4 cm³/mol. The van der Waals surface area contributed by atoms with E-state index in [1.165, 1.54) is 6.08 Å². The summed E-state index contributed by atoms with van der Waals surface area (Å²) in [5.74, 6) is -0.904. The Morgan fingerprint density at radius 1 is 1.09 bits per heavy atom. The molecule has 1 amide bonds. The van der Waals surface area contributed by atoms with Gasteiger partial charge in [-0.05, 0) is 31.2 Å². The highest BCUT2D eigenvalue weighted by Gasteiger charge is 2.09. The molecule has 2 aromatic rings. The number of rotatable bonds is 6. The Bertz CT molecular complexity index is 698. The van der Waals surface area contributed by atoms with Crippen LogP contribution in [0, 0.1) is 0 Å². The number of anilines is 1. The quantitative estimate of drug-likeness (QED) is 0.646. The Labute approximate surface area is 139 Å². The zero-order valence-corrected chi connectivity index (χ0v) is 13.5. The van der Waals surface area contributed by atoms with Crippen LogP contribution in [0.4, 0.5) is 5.69 Å². The Hall–Kier alpha value is -2.53. The lowest BCUT2D eigenvalue weighted by atomic mass is 10.3. The van der Waals surface area contributed by atoms with Gasteiger partial charge in [0, 0.05) is 15.9 Å². The number of allylic oxidation sites excluding steroid dienone is 1. The fourth-order valence-corrected chi connectivity index (χ4v) is 2.70. The molecule has 0 heterocycles. The maximum Gasteiger partial charge on any atom is 0.330 e. The molecule has 0 radical (unpaired) electrons. The molecule has 0 saturated heterocycles. The van der Waals surface area contributed by atoms with Crippen LogP contribution in [0.25, 0.3) is 0 Å². The van der Waals surface area contributed by atoms with E-state index in [0.717, 1.165) is 9.79 Å². The van der Waals surface area contributed by atoms with E-state index in [2.05, 4.69) is 5.32 Å². The minimum absolute atomic E-state index is 0.312.